The lowest BCUT2D eigenvalue weighted by Crippen LogP contribution is -2.50. The molecule has 0 aromatic heterocycles. The van der Waals surface area contributed by atoms with Crippen LogP contribution >= 0.6 is 0 Å². The van der Waals surface area contributed by atoms with Gasteiger partial charge in [0.25, 0.3) is 0 Å². The molecule has 0 amide bonds. The van der Waals surface area contributed by atoms with E-state index in [1.54, 1.807) is 0 Å². The van der Waals surface area contributed by atoms with E-state index in [-0.39, 0.29) is 0 Å². The maximum absolute atomic E-state index is 4.46. The highest BCUT2D eigenvalue weighted by molar-refractivity contribution is 5.33. The molecule has 2 aliphatic heterocycles. The quantitative estimate of drug-likeness (QED) is 0.716. The molecule has 0 aliphatic carbocycles. The third-order valence-corrected chi connectivity index (χ3v) is 5.30. The van der Waals surface area contributed by atoms with Crippen molar-refractivity contribution in [3.05, 3.63) is 48.0 Å². The summed E-state index contributed by atoms with van der Waals surface area (Å²) < 4.78 is 0. The molecule has 0 unspecified atom stereocenters. The van der Waals surface area contributed by atoms with Gasteiger partial charge < -0.3 is 0 Å². The highest BCUT2D eigenvalue weighted by Gasteiger charge is 2.44. The summed E-state index contributed by atoms with van der Waals surface area (Å²) in [6.07, 6.45) is 6.47. The molecule has 1 aromatic carbocycles. The van der Waals surface area contributed by atoms with Crippen LogP contribution in [-0.2, 0) is 0 Å². The van der Waals surface area contributed by atoms with Crippen molar-refractivity contribution < 1.29 is 0 Å². The predicted octanol–water partition coefficient (Wildman–Crippen LogP) is 4.75. The number of benzene rings is 1. The molecule has 0 bridgehead atoms. The lowest BCUT2D eigenvalue weighted by molar-refractivity contribution is 0.0926. The summed E-state index contributed by atoms with van der Waals surface area (Å²) in [5.74, 6) is 0.550. The van der Waals surface area contributed by atoms with Gasteiger partial charge in [0.2, 0.25) is 0 Å². The van der Waals surface area contributed by atoms with Crippen molar-refractivity contribution in [2.45, 2.75) is 70.0 Å². The monoisotopic (exact) mass is 269 g/mol. The Morgan fingerprint density at radius 1 is 1.20 bits per heavy atom. The van der Waals surface area contributed by atoms with Crippen LogP contribution in [-0.4, -0.2) is 23.0 Å². The van der Waals surface area contributed by atoms with Gasteiger partial charge in [0, 0.05) is 24.0 Å². The van der Waals surface area contributed by atoms with E-state index in [1.807, 2.05) is 0 Å². The first kappa shape index (κ1) is 13.9. The van der Waals surface area contributed by atoms with Crippen molar-refractivity contribution in [3.8, 4) is 0 Å². The topological polar surface area (TPSA) is 3.24 Å². The molecular formula is C19H27N. The minimum atomic E-state index is 0.550. The lowest BCUT2D eigenvalue weighted by Gasteiger charge is -2.46. The second kappa shape index (κ2) is 5.73. The Kier molecular flexibility index (Phi) is 3.98. The van der Waals surface area contributed by atoms with Crippen LogP contribution in [0.25, 0.3) is 0 Å². The van der Waals surface area contributed by atoms with Gasteiger partial charge in [0.05, 0.1) is 0 Å². The summed E-state index contributed by atoms with van der Waals surface area (Å²) in [5.41, 5.74) is 2.93. The molecule has 0 spiro atoms. The zero-order chi connectivity index (χ0) is 14.1. The Labute approximate surface area is 123 Å². The van der Waals surface area contributed by atoms with Gasteiger partial charge in [-0.15, -0.1) is 0 Å². The van der Waals surface area contributed by atoms with E-state index >= 15 is 0 Å². The summed E-state index contributed by atoms with van der Waals surface area (Å²) in [6, 6.07) is 13.2. The van der Waals surface area contributed by atoms with Gasteiger partial charge in [-0.3, -0.25) is 4.90 Å². The van der Waals surface area contributed by atoms with Crippen LogP contribution in [0.3, 0.4) is 0 Å². The number of rotatable bonds is 3. The first-order valence-electron chi connectivity index (χ1n) is 8.22. The minimum absolute atomic E-state index is 0.550. The predicted molar refractivity (Wildman–Crippen MR) is 86.0 cm³/mol. The molecule has 1 nitrogen and oxygen atoms in total. The van der Waals surface area contributed by atoms with Gasteiger partial charge in [-0.2, -0.15) is 0 Å². The Morgan fingerprint density at radius 2 is 1.95 bits per heavy atom. The number of hydrogen-bond acceptors (Lipinski definition) is 1. The van der Waals surface area contributed by atoms with Crippen molar-refractivity contribution in [1.29, 1.82) is 0 Å². The van der Waals surface area contributed by atoms with Gasteiger partial charge >= 0.3 is 0 Å². The molecular weight excluding hydrogens is 242 g/mol. The average molecular weight is 269 g/mol. The third-order valence-electron chi connectivity index (χ3n) is 5.30. The molecule has 2 aliphatic rings. The first-order valence-corrected chi connectivity index (χ1v) is 8.22. The zero-order valence-electron chi connectivity index (χ0n) is 12.9. The molecule has 2 heterocycles. The van der Waals surface area contributed by atoms with Crippen molar-refractivity contribution in [3.63, 3.8) is 0 Å². The standard InChI is InChI=1S/C19H27N/c1-4-8-17-13-14(2)19(16-9-6-5-7-10-16)18-12-11-15(3)20(17)18/h5-7,9-10,15,17-19H,2,4,8,11-13H2,1,3H3/t15-,17-,18+,19-/m0/s1. The van der Waals surface area contributed by atoms with Gasteiger partial charge in [0.15, 0.2) is 0 Å². The van der Waals surface area contributed by atoms with Crippen molar-refractivity contribution in [1.82, 2.24) is 4.90 Å². The normalized spacial score (nSPS) is 34.2. The second-order valence-electron chi connectivity index (χ2n) is 6.63. The summed E-state index contributed by atoms with van der Waals surface area (Å²) >= 11 is 0. The van der Waals surface area contributed by atoms with Gasteiger partial charge in [-0.05, 0) is 38.2 Å². The van der Waals surface area contributed by atoms with Crippen molar-refractivity contribution >= 4 is 0 Å². The van der Waals surface area contributed by atoms with Crippen molar-refractivity contribution in [2.24, 2.45) is 0 Å². The zero-order valence-corrected chi connectivity index (χ0v) is 12.9. The molecule has 0 N–H and O–H groups in total. The van der Waals surface area contributed by atoms with Gasteiger partial charge in [-0.1, -0.05) is 55.8 Å². The molecule has 0 radical (unpaired) electrons. The minimum Gasteiger partial charge on any atom is -0.294 e. The number of nitrogens with zero attached hydrogens (tertiary/aromatic N) is 1. The molecule has 3 rings (SSSR count). The van der Waals surface area contributed by atoms with Crippen LogP contribution in [0.4, 0.5) is 0 Å². The molecule has 20 heavy (non-hydrogen) atoms. The Morgan fingerprint density at radius 3 is 2.65 bits per heavy atom. The fraction of sp³-hybridized carbons (Fsp3) is 0.579. The van der Waals surface area contributed by atoms with Crippen LogP contribution in [0.5, 0.6) is 0 Å². The summed E-state index contributed by atoms with van der Waals surface area (Å²) in [4.78, 5) is 2.83. The molecule has 1 aromatic rings. The highest BCUT2D eigenvalue weighted by Crippen LogP contribution is 2.46. The van der Waals surface area contributed by atoms with Crippen LogP contribution in [0.1, 0.15) is 57.4 Å². The second-order valence-corrected chi connectivity index (χ2v) is 6.63. The smallest absolute Gasteiger partial charge is 0.0208 e. The van der Waals surface area contributed by atoms with E-state index in [2.05, 4.69) is 55.7 Å². The molecule has 4 atom stereocenters. The van der Waals surface area contributed by atoms with E-state index in [9.17, 15) is 0 Å². The molecule has 0 saturated carbocycles. The highest BCUT2D eigenvalue weighted by atomic mass is 15.2. The SMILES string of the molecule is C=C1C[C@H](CCC)N2[C@H](CC[C@@H]2C)[C@@H]1c1ccccc1. The number of piperidine rings is 1. The third kappa shape index (κ3) is 2.33. The van der Waals surface area contributed by atoms with Gasteiger partial charge in [0.1, 0.15) is 0 Å². The summed E-state index contributed by atoms with van der Waals surface area (Å²) in [6.45, 7) is 9.19. The fourth-order valence-corrected chi connectivity index (χ4v) is 4.52. The van der Waals surface area contributed by atoms with Crippen LogP contribution < -0.4 is 0 Å². The van der Waals surface area contributed by atoms with E-state index in [0.29, 0.717) is 12.0 Å². The number of fused-ring (bicyclic) bond motifs is 1. The summed E-state index contributed by atoms with van der Waals surface area (Å²) in [7, 11) is 0. The largest absolute Gasteiger partial charge is 0.294 e. The lowest BCUT2D eigenvalue weighted by atomic mass is 9.77. The average Bonchev–Trinajstić information content (AvgIpc) is 2.82. The van der Waals surface area contributed by atoms with E-state index in [4.69, 9.17) is 0 Å². The van der Waals surface area contributed by atoms with E-state index in [1.165, 1.54) is 43.2 Å². The maximum Gasteiger partial charge on any atom is 0.0208 e. The van der Waals surface area contributed by atoms with Gasteiger partial charge in [-0.25, -0.2) is 0 Å². The van der Waals surface area contributed by atoms with Crippen molar-refractivity contribution in [2.75, 3.05) is 0 Å². The van der Waals surface area contributed by atoms with Crippen LogP contribution in [0.2, 0.25) is 0 Å². The van der Waals surface area contributed by atoms with E-state index in [0.717, 1.165) is 12.1 Å². The van der Waals surface area contributed by atoms with Crippen LogP contribution in [0.15, 0.2) is 42.5 Å². The Bertz CT molecular complexity index is 464. The fourth-order valence-electron chi connectivity index (χ4n) is 4.52. The molecule has 108 valence electrons. The molecule has 2 saturated heterocycles. The number of hydrogen-bond donors (Lipinski definition) is 0. The maximum atomic E-state index is 4.46. The first-order chi connectivity index (χ1) is 9.72. The Hall–Kier alpha value is -1.08. The Balaban J connectivity index is 1.91. The summed E-state index contributed by atoms with van der Waals surface area (Å²) in [5, 5.41) is 0. The molecule has 2 fully saturated rings. The molecule has 1 heteroatoms. The van der Waals surface area contributed by atoms with Crippen LogP contribution in [0, 0.1) is 0 Å². The van der Waals surface area contributed by atoms with E-state index < -0.39 is 0 Å².